The SMILES string of the molecule is CC(=O)N1C(=O)O[C@H](C)[C@H]1C(=O)N[C@](C)(C(=O)OCc1ccccc1)C(C)C. The molecule has 1 fully saturated rings. The predicted molar refractivity (Wildman–Crippen MR) is 99.9 cm³/mol. The number of hydrogen-bond donors (Lipinski definition) is 1. The molecule has 8 nitrogen and oxygen atoms in total. The number of amides is 3. The highest BCUT2D eigenvalue weighted by atomic mass is 16.6. The molecule has 1 aromatic rings. The van der Waals surface area contributed by atoms with Crippen molar-refractivity contribution in [2.24, 2.45) is 5.92 Å². The highest BCUT2D eigenvalue weighted by molar-refractivity contribution is 6.00. The topological polar surface area (TPSA) is 102 Å². The quantitative estimate of drug-likeness (QED) is 0.746. The number of hydrogen-bond acceptors (Lipinski definition) is 6. The lowest BCUT2D eigenvalue weighted by Gasteiger charge is -2.34. The summed E-state index contributed by atoms with van der Waals surface area (Å²) in [5.41, 5.74) is -0.529. The van der Waals surface area contributed by atoms with E-state index in [0.717, 1.165) is 10.5 Å². The maximum atomic E-state index is 12.9. The Kier molecular flexibility index (Phi) is 6.43. The first kappa shape index (κ1) is 21.4. The molecule has 0 radical (unpaired) electrons. The number of carbonyl (C=O) groups excluding carboxylic acids is 4. The summed E-state index contributed by atoms with van der Waals surface area (Å²) < 4.78 is 10.4. The molecule has 0 aliphatic carbocycles. The van der Waals surface area contributed by atoms with Crippen LogP contribution in [0.25, 0.3) is 0 Å². The van der Waals surface area contributed by atoms with Crippen molar-refractivity contribution in [3.63, 3.8) is 0 Å². The molecule has 0 spiro atoms. The van der Waals surface area contributed by atoms with Gasteiger partial charge in [0.2, 0.25) is 11.8 Å². The molecule has 1 aromatic carbocycles. The molecular weight excluding hydrogens is 364 g/mol. The number of carbonyl (C=O) groups is 4. The van der Waals surface area contributed by atoms with E-state index in [0.29, 0.717) is 0 Å². The Morgan fingerprint density at radius 3 is 2.39 bits per heavy atom. The Bertz CT molecular complexity index is 763. The molecule has 2 rings (SSSR count). The smallest absolute Gasteiger partial charge is 0.417 e. The number of cyclic esters (lactones) is 1. The van der Waals surface area contributed by atoms with E-state index in [1.165, 1.54) is 13.8 Å². The molecule has 0 saturated carbocycles. The second kappa shape index (κ2) is 8.41. The molecule has 3 atom stereocenters. The standard InChI is InChI=1S/C20H26N2O6/c1-12(2)20(5,18(25)27-11-15-9-7-6-8-10-15)21-17(24)16-13(3)28-19(26)22(16)14(4)23/h6-10,12-13,16H,11H2,1-5H3,(H,21,24)/t13-,16+,20+/m1/s1. The second-order valence-corrected chi connectivity index (χ2v) is 7.33. The fourth-order valence-corrected chi connectivity index (χ4v) is 2.89. The minimum atomic E-state index is -1.35. The van der Waals surface area contributed by atoms with Crippen molar-refractivity contribution in [1.82, 2.24) is 10.2 Å². The van der Waals surface area contributed by atoms with Crippen LogP contribution in [-0.2, 0) is 30.5 Å². The van der Waals surface area contributed by atoms with Crippen molar-refractivity contribution in [2.45, 2.75) is 58.9 Å². The molecule has 0 aromatic heterocycles. The van der Waals surface area contributed by atoms with Crippen molar-refractivity contribution in [3.05, 3.63) is 35.9 Å². The van der Waals surface area contributed by atoms with Crippen molar-refractivity contribution in [1.29, 1.82) is 0 Å². The molecule has 1 N–H and O–H groups in total. The van der Waals surface area contributed by atoms with Gasteiger partial charge in [-0.15, -0.1) is 0 Å². The molecule has 1 heterocycles. The Labute approximate surface area is 164 Å². The van der Waals surface area contributed by atoms with E-state index >= 15 is 0 Å². The van der Waals surface area contributed by atoms with Crippen LogP contribution in [-0.4, -0.2) is 46.5 Å². The van der Waals surface area contributed by atoms with Gasteiger partial charge < -0.3 is 14.8 Å². The molecule has 1 saturated heterocycles. The first-order valence-electron chi connectivity index (χ1n) is 9.11. The van der Waals surface area contributed by atoms with Gasteiger partial charge in [0, 0.05) is 6.92 Å². The molecule has 0 unspecified atom stereocenters. The molecule has 0 bridgehead atoms. The first-order chi connectivity index (χ1) is 13.1. The van der Waals surface area contributed by atoms with E-state index in [9.17, 15) is 19.2 Å². The van der Waals surface area contributed by atoms with Crippen LogP contribution in [0.5, 0.6) is 0 Å². The summed E-state index contributed by atoms with van der Waals surface area (Å²) in [4.78, 5) is 50.0. The van der Waals surface area contributed by atoms with Crippen LogP contribution in [0.3, 0.4) is 0 Å². The van der Waals surface area contributed by atoms with Gasteiger partial charge in [0.05, 0.1) is 0 Å². The fourth-order valence-electron chi connectivity index (χ4n) is 2.89. The summed E-state index contributed by atoms with van der Waals surface area (Å²) in [5.74, 6) is -2.17. The lowest BCUT2D eigenvalue weighted by molar-refractivity contribution is -0.157. The highest BCUT2D eigenvalue weighted by Gasteiger charge is 2.49. The van der Waals surface area contributed by atoms with E-state index in [2.05, 4.69) is 5.32 Å². The number of ether oxygens (including phenoxy) is 2. The molecule has 3 amide bonds. The number of nitrogens with one attached hydrogen (secondary N) is 1. The Morgan fingerprint density at radius 1 is 1.25 bits per heavy atom. The Hall–Kier alpha value is -2.90. The van der Waals surface area contributed by atoms with Gasteiger partial charge in [-0.25, -0.2) is 14.5 Å². The predicted octanol–water partition coefficient (Wildman–Crippen LogP) is 2.02. The molecular formula is C20H26N2O6. The summed E-state index contributed by atoms with van der Waals surface area (Å²) in [5, 5.41) is 2.67. The summed E-state index contributed by atoms with van der Waals surface area (Å²) in [6, 6.07) is 8.03. The summed E-state index contributed by atoms with van der Waals surface area (Å²) in [6.07, 6.45) is -1.70. The fraction of sp³-hybridized carbons (Fsp3) is 0.500. The van der Waals surface area contributed by atoms with Gasteiger partial charge >= 0.3 is 12.1 Å². The lowest BCUT2D eigenvalue weighted by atomic mass is 9.87. The minimum absolute atomic E-state index is 0.0683. The number of benzene rings is 1. The van der Waals surface area contributed by atoms with E-state index in [4.69, 9.17) is 9.47 Å². The third-order valence-corrected chi connectivity index (χ3v) is 4.99. The summed E-state index contributed by atoms with van der Waals surface area (Å²) >= 11 is 0. The minimum Gasteiger partial charge on any atom is -0.459 e. The largest absolute Gasteiger partial charge is 0.459 e. The maximum Gasteiger partial charge on any atom is 0.417 e. The van der Waals surface area contributed by atoms with Gasteiger partial charge in [-0.1, -0.05) is 44.2 Å². The number of nitrogens with zero attached hydrogens (tertiary/aromatic N) is 1. The number of rotatable bonds is 6. The number of imide groups is 1. The third-order valence-electron chi connectivity index (χ3n) is 4.99. The average Bonchev–Trinajstić information content (AvgIpc) is 2.94. The average molecular weight is 390 g/mol. The second-order valence-electron chi connectivity index (χ2n) is 7.33. The van der Waals surface area contributed by atoms with E-state index in [-0.39, 0.29) is 12.5 Å². The van der Waals surface area contributed by atoms with Gasteiger partial charge in [0.1, 0.15) is 18.2 Å². The van der Waals surface area contributed by atoms with Crippen molar-refractivity contribution in [2.75, 3.05) is 0 Å². The Morgan fingerprint density at radius 2 is 1.86 bits per heavy atom. The molecule has 1 aliphatic rings. The molecule has 28 heavy (non-hydrogen) atoms. The summed E-state index contributed by atoms with van der Waals surface area (Å²) in [6.45, 7) is 7.86. The van der Waals surface area contributed by atoms with Crippen LogP contribution in [0.1, 0.15) is 40.2 Å². The summed E-state index contributed by atoms with van der Waals surface area (Å²) in [7, 11) is 0. The van der Waals surface area contributed by atoms with Crippen LogP contribution in [0.2, 0.25) is 0 Å². The van der Waals surface area contributed by atoms with Gasteiger partial charge in [-0.2, -0.15) is 0 Å². The lowest BCUT2D eigenvalue weighted by Crippen LogP contribution is -2.61. The van der Waals surface area contributed by atoms with Gasteiger partial charge in [0.25, 0.3) is 0 Å². The van der Waals surface area contributed by atoms with Crippen molar-refractivity contribution in [3.8, 4) is 0 Å². The zero-order valence-electron chi connectivity index (χ0n) is 16.7. The highest BCUT2D eigenvalue weighted by Crippen LogP contribution is 2.24. The maximum absolute atomic E-state index is 12.9. The van der Waals surface area contributed by atoms with Crippen molar-refractivity contribution < 1.29 is 28.7 Å². The van der Waals surface area contributed by atoms with Crippen LogP contribution >= 0.6 is 0 Å². The van der Waals surface area contributed by atoms with Crippen LogP contribution < -0.4 is 5.32 Å². The van der Waals surface area contributed by atoms with Crippen LogP contribution in [0, 0.1) is 5.92 Å². The zero-order valence-corrected chi connectivity index (χ0v) is 16.7. The van der Waals surface area contributed by atoms with E-state index in [1.54, 1.807) is 20.8 Å². The molecule has 8 heteroatoms. The van der Waals surface area contributed by atoms with E-state index < -0.39 is 41.6 Å². The monoisotopic (exact) mass is 390 g/mol. The third kappa shape index (κ3) is 4.32. The Balaban J connectivity index is 2.15. The molecule has 152 valence electrons. The normalized spacial score (nSPS) is 21.1. The van der Waals surface area contributed by atoms with Gasteiger partial charge in [-0.3, -0.25) is 9.59 Å². The zero-order chi connectivity index (χ0) is 21.1. The number of esters is 1. The van der Waals surface area contributed by atoms with E-state index in [1.807, 2.05) is 30.3 Å². The van der Waals surface area contributed by atoms with Crippen molar-refractivity contribution >= 4 is 23.9 Å². The van der Waals surface area contributed by atoms with Crippen LogP contribution in [0.15, 0.2) is 30.3 Å². The first-order valence-corrected chi connectivity index (χ1v) is 9.11. The van der Waals surface area contributed by atoms with Gasteiger partial charge in [0.15, 0.2) is 6.04 Å². The van der Waals surface area contributed by atoms with Crippen LogP contribution in [0.4, 0.5) is 4.79 Å². The van der Waals surface area contributed by atoms with Gasteiger partial charge in [-0.05, 0) is 25.3 Å². The molecule has 1 aliphatic heterocycles.